The number of carbonyl (C=O) groups is 1. The van der Waals surface area contributed by atoms with E-state index in [-0.39, 0.29) is 11.3 Å². The number of nitrogens with one attached hydrogen (secondary N) is 2. The number of hydrogen-bond donors (Lipinski definition) is 2. The van der Waals surface area contributed by atoms with Crippen molar-refractivity contribution in [2.75, 3.05) is 11.0 Å². The highest BCUT2D eigenvalue weighted by atomic mass is 32.2. The molecule has 0 aliphatic rings. The van der Waals surface area contributed by atoms with Gasteiger partial charge in [-0.2, -0.15) is 0 Å². The molecular weight excluding hydrogens is 455 g/mol. The minimum absolute atomic E-state index is 0.166. The number of rotatable bonds is 4. The summed E-state index contributed by atoms with van der Waals surface area (Å²) in [6.45, 7) is 9.35. The van der Waals surface area contributed by atoms with Crippen LogP contribution >= 0.6 is 0 Å². The number of fused-ring (bicyclic) bond motifs is 1. The highest BCUT2D eigenvalue weighted by Crippen LogP contribution is 2.29. The van der Waals surface area contributed by atoms with Crippen LogP contribution < -0.4 is 4.72 Å². The van der Waals surface area contributed by atoms with Gasteiger partial charge in [0.05, 0.1) is 17.5 Å². The lowest BCUT2D eigenvalue weighted by atomic mass is 9.96. The highest BCUT2D eigenvalue weighted by molar-refractivity contribution is 7.92. The Bertz CT molecular complexity index is 1360. The van der Waals surface area contributed by atoms with E-state index in [1.807, 2.05) is 45.9 Å². The van der Waals surface area contributed by atoms with Crippen molar-refractivity contribution >= 4 is 32.5 Å². The first-order chi connectivity index (χ1) is 16.1. The van der Waals surface area contributed by atoms with Crippen molar-refractivity contribution in [1.82, 2.24) is 15.0 Å². The van der Waals surface area contributed by atoms with Gasteiger partial charge in [0.2, 0.25) is 10.0 Å². The lowest BCUT2D eigenvalue weighted by Gasteiger charge is -2.12. The fourth-order valence-electron chi connectivity index (χ4n) is 3.21. The van der Waals surface area contributed by atoms with Gasteiger partial charge >= 0.3 is 0 Å². The van der Waals surface area contributed by atoms with Gasteiger partial charge in [-0.3, -0.25) is 14.5 Å². The molecule has 0 amide bonds. The molecule has 0 atom stereocenters. The Morgan fingerprint density at radius 1 is 1.03 bits per heavy atom. The second-order valence-corrected chi connectivity index (χ2v) is 9.09. The second kappa shape index (κ2) is 11.5. The van der Waals surface area contributed by atoms with Crippen molar-refractivity contribution in [3.8, 4) is 0 Å². The van der Waals surface area contributed by atoms with Crippen LogP contribution in [0.3, 0.4) is 0 Å². The fourth-order valence-corrected chi connectivity index (χ4v) is 3.76. The van der Waals surface area contributed by atoms with Crippen LogP contribution in [0.4, 0.5) is 10.1 Å². The molecule has 0 bridgehead atoms. The Hall–Kier alpha value is -3.59. The van der Waals surface area contributed by atoms with Crippen molar-refractivity contribution in [3.05, 3.63) is 88.8 Å². The summed E-state index contributed by atoms with van der Waals surface area (Å²) >= 11 is 0. The molecule has 0 aliphatic carbocycles. The Morgan fingerprint density at radius 3 is 2.21 bits per heavy atom. The Morgan fingerprint density at radius 2 is 1.68 bits per heavy atom. The van der Waals surface area contributed by atoms with Gasteiger partial charge in [-0.1, -0.05) is 26.0 Å². The average Bonchev–Trinajstić information content (AvgIpc) is 3.25. The number of nitrogens with zero attached hydrogens (tertiary/aromatic N) is 2. The van der Waals surface area contributed by atoms with Gasteiger partial charge in [-0.05, 0) is 55.7 Å². The lowest BCUT2D eigenvalue weighted by Crippen LogP contribution is -2.14. The van der Waals surface area contributed by atoms with Crippen molar-refractivity contribution < 1.29 is 17.6 Å². The molecule has 3 aromatic heterocycles. The number of aromatic nitrogens is 3. The molecule has 2 N–H and O–H groups in total. The van der Waals surface area contributed by atoms with E-state index in [1.165, 1.54) is 18.3 Å². The first-order valence-electron chi connectivity index (χ1n) is 10.7. The third-order valence-electron chi connectivity index (χ3n) is 4.90. The molecule has 4 rings (SSSR count). The molecule has 0 fully saturated rings. The van der Waals surface area contributed by atoms with E-state index in [0.717, 1.165) is 17.4 Å². The fraction of sp³-hybridized carbons (Fsp3) is 0.240. The number of aryl methyl sites for hydroxylation is 3. The number of hydrogen-bond acceptors (Lipinski definition) is 5. The summed E-state index contributed by atoms with van der Waals surface area (Å²) in [7, 11) is -3.67. The van der Waals surface area contributed by atoms with Crippen LogP contribution in [-0.2, 0) is 10.0 Å². The third kappa shape index (κ3) is 6.26. The molecule has 3 heterocycles. The standard InChI is InChI=1S/C18H18FN3O3S.C5H5N.C2H6/c1-9-5-6-13(22-26(4,24)25)16(19)14(9)17(23)12-8-21-18-15(12)11(3)10(2)7-20-18;1-2-4-6-5-3-1;1-2/h5-8,22H,1-4H3,(H,20,21);1-5H;1-2H3. The third-order valence-corrected chi connectivity index (χ3v) is 5.49. The molecule has 34 heavy (non-hydrogen) atoms. The van der Waals surface area contributed by atoms with Gasteiger partial charge in [0.15, 0.2) is 11.6 Å². The number of anilines is 1. The summed E-state index contributed by atoms with van der Waals surface area (Å²) in [4.78, 5) is 24.1. The van der Waals surface area contributed by atoms with Crippen molar-refractivity contribution in [2.24, 2.45) is 0 Å². The van der Waals surface area contributed by atoms with Gasteiger partial charge < -0.3 is 4.98 Å². The van der Waals surface area contributed by atoms with E-state index in [2.05, 4.69) is 19.7 Å². The van der Waals surface area contributed by atoms with E-state index in [1.54, 1.807) is 25.5 Å². The number of pyridine rings is 2. The normalized spacial score (nSPS) is 10.6. The van der Waals surface area contributed by atoms with E-state index < -0.39 is 21.6 Å². The summed E-state index contributed by atoms with van der Waals surface area (Å²) < 4.78 is 39.9. The number of ketones is 1. The molecule has 0 aliphatic heterocycles. The summed E-state index contributed by atoms with van der Waals surface area (Å²) in [5, 5.41) is 0.635. The summed E-state index contributed by atoms with van der Waals surface area (Å²) in [6, 6.07) is 8.52. The molecule has 0 spiro atoms. The van der Waals surface area contributed by atoms with Crippen LogP contribution in [0.5, 0.6) is 0 Å². The summed E-state index contributed by atoms with van der Waals surface area (Å²) in [5.74, 6) is -1.42. The van der Waals surface area contributed by atoms with Crippen molar-refractivity contribution in [1.29, 1.82) is 0 Å². The van der Waals surface area contributed by atoms with Gasteiger partial charge in [0.25, 0.3) is 0 Å². The van der Waals surface area contributed by atoms with Gasteiger partial charge in [-0.15, -0.1) is 0 Å². The first kappa shape index (κ1) is 26.7. The van der Waals surface area contributed by atoms with E-state index in [9.17, 15) is 17.6 Å². The van der Waals surface area contributed by atoms with Gasteiger partial charge in [-0.25, -0.2) is 17.8 Å². The van der Waals surface area contributed by atoms with E-state index in [0.29, 0.717) is 22.2 Å². The topological polar surface area (TPSA) is 105 Å². The molecule has 4 aromatic rings. The number of aromatic amines is 1. The lowest BCUT2D eigenvalue weighted by molar-refractivity contribution is 0.103. The minimum atomic E-state index is -3.67. The van der Waals surface area contributed by atoms with Crippen molar-refractivity contribution in [2.45, 2.75) is 34.6 Å². The average molecular weight is 485 g/mol. The number of sulfonamides is 1. The SMILES string of the molecule is CC.Cc1ccc(NS(C)(=O)=O)c(F)c1C(=O)c1c[nH]c2ncc(C)c(C)c12.c1ccncc1. The zero-order chi connectivity index (χ0) is 25.5. The van der Waals surface area contributed by atoms with Crippen LogP contribution in [0.1, 0.15) is 46.5 Å². The number of halogens is 1. The Labute approximate surface area is 199 Å². The maximum atomic E-state index is 14.9. The molecule has 9 heteroatoms. The van der Waals surface area contributed by atoms with E-state index in [4.69, 9.17) is 0 Å². The zero-order valence-electron chi connectivity index (χ0n) is 20.1. The molecule has 0 unspecified atom stereocenters. The van der Waals surface area contributed by atoms with Crippen LogP contribution in [0.15, 0.2) is 55.1 Å². The molecule has 0 radical (unpaired) electrons. The van der Waals surface area contributed by atoms with Crippen molar-refractivity contribution in [3.63, 3.8) is 0 Å². The van der Waals surface area contributed by atoms with Gasteiger partial charge in [0, 0.05) is 35.7 Å². The van der Waals surface area contributed by atoms with Gasteiger partial charge in [0.1, 0.15) is 5.65 Å². The largest absolute Gasteiger partial charge is 0.345 e. The highest BCUT2D eigenvalue weighted by Gasteiger charge is 2.24. The van der Waals surface area contributed by atoms with Crippen LogP contribution in [0.25, 0.3) is 11.0 Å². The summed E-state index contributed by atoms with van der Waals surface area (Å²) in [6.07, 6.45) is 7.62. The van der Waals surface area contributed by atoms with E-state index >= 15 is 0 Å². The zero-order valence-corrected chi connectivity index (χ0v) is 20.9. The van der Waals surface area contributed by atoms with Crippen LogP contribution in [0, 0.1) is 26.6 Å². The minimum Gasteiger partial charge on any atom is -0.345 e. The maximum absolute atomic E-state index is 14.9. The number of benzene rings is 1. The molecule has 1 aromatic carbocycles. The monoisotopic (exact) mass is 484 g/mol. The predicted octanol–water partition coefficient (Wildman–Crippen LogP) is 5.34. The number of H-pyrrole nitrogens is 1. The predicted molar refractivity (Wildman–Crippen MR) is 134 cm³/mol. The molecular formula is C25H29FN4O3S. The molecule has 180 valence electrons. The maximum Gasteiger partial charge on any atom is 0.229 e. The number of carbonyl (C=O) groups excluding carboxylic acids is 1. The smallest absolute Gasteiger partial charge is 0.229 e. The Balaban J connectivity index is 0.000000437. The quantitative estimate of drug-likeness (QED) is 0.381. The summed E-state index contributed by atoms with van der Waals surface area (Å²) in [5.41, 5.74) is 2.62. The first-order valence-corrected chi connectivity index (χ1v) is 12.6. The molecule has 0 saturated carbocycles. The van der Waals surface area contributed by atoms with Crippen LogP contribution in [0.2, 0.25) is 0 Å². The second-order valence-electron chi connectivity index (χ2n) is 7.34. The Kier molecular flexibility index (Phi) is 9.03. The molecule has 0 saturated heterocycles. The molecule has 7 nitrogen and oxygen atoms in total. The van der Waals surface area contributed by atoms with Crippen LogP contribution in [-0.4, -0.2) is 35.4 Å².